The minimum Gasteiger partial charge on any atom is -0.441 e. The van der Waals surface area contributed by atoms with E-state index in [9.17, 15) is 9.59 Å². The Bertz CT molecular complexity index is 750. The van der Waals surface area contributed by atoms with E-state index in [-0.39, 0.29) is 17.9 Å². The van der Waals surface area contributed by atoms with Crippen molar-refractivity contribution in [3.8, 4) is 0 Å². The Morgan fingerprint density at radius 1 is 1.08 bits per heavy atom. The number of nitrogens with zero attached hydrogens (tertiary/aromatic N) is 1. The van der Waals surface area contributed by atoms with Crippen LogP contribution < -0.4 is 4.90 Å². The van der Waals surface area contributed by atoms with Gasteiger partial charge in [0.1, 0.15) is 11.6 Å². The summed E-state index contributed by atoms with van der Waals surface area (Å²) < 4.78 is 5.60. The van der Waals surface area contributed by atoms with Crippen molar-refractivity contribution in [1.29, 1.82) is 0 Å². The van der Waals surface area contributed by atoms with E-state index in [1.807, 2.05) is 63.2 Å². The van der Waals surface area contributed by atoms with Crippen molar-refractivity contribution in [2.45, 2.75) is 38.8 Å². The number of rotatable bonds is 4. The van der Waals surface area contributed by atoms with Crippen molar-refractivity contribution < 1.29 is 14.3 Å². The summed E-state index contributed by atoms with van der Waals surface area (Å²) >= 11 is 0. The number of ketones is 1. The van der Waals surface area contributed by atoms with Crippen LogP contribution in [-0.2, 0) is 4.74 Å². The first kappa shape index (κ1) is 16.2. The first-order chi connectivity index (χ1) is 11.4. The summed E-state index contributed by atoms with van der Waals surface area (Å²) in [5, 5.41) is 0. The van der Waals surface area contributed by atoms with Crippen LogP contribution in [0.4, 0.5) is 10.5 Å². The van der Waals surface area contributed by atoms with Crippen LogP contribution in [-0.4, -0.2) is 17.5 Å². The third-order valence-corrected chi connectivity index (χ3v) is 4.37. The van der Waals surface area contributed by atoms with E-state index in [1.54, 1.807) is 17.0 Å². The molecule has 1 heterocycles. The topological polar surface area (TPSA) is 46.6 Å². The van der Waals surface area contributed by atoms with Crippen molar-refractivity contribution >= 4 is 17.6 Å². The van der Waals surface area contributed by atoms with E-state index in [1.165, 1.54) is 0 Å². The zero-order valence-electron chi connectivity index (χ0n) is 14.2. The van der Waals surface area contributed by atoms with Crippen molar-refractivity contribution in [2.75, 3.05) is 4.90 Å². The lowest BCUT2D eigenvalue weighted by Gasteiger charge is -2.29. The number of carbonyl (C=O) groups excluding carboxylic acids is 2. The molecule has 0 unspecified atom stereocenters. The smallest absolute Gasteiger partial charge is 0.415 e. The maximum Gasteiger partial charge on any atom is 0.415 e. The van der Waals surface area contributed by atoms with E-state index in [2.05, 4.69) is 0 Å². The molecule has 1 fully saturated rings. The predicted octanol–water partition coefficient (Wildman–Crippen LogP) is 4.76. The lowest BCUT2D eigenvalue weighted by molar-refractivity contribution is 0.0685. The molecule has 3 rings (SSSR count). The molecule has 0 saturated carbocycles. The molecule has 0 spiro atoms. The molecule has 24 heavy (non-hydrogen) atoms. The fourth-order valence-electron chi connectivity index (χ4n) is 3.20. The maximum atomic E-state index is 12.5. The van der Waals surface area contributed by atoms with E-state index in [0.29, 0.717) is 12.0 Å². The van der Waals surface area contributed by atoms with Crippen molar-refractivity contribution in [3.63, 3.8) is 0 Å². The third kappa shape index (κ3) is 2.80. The second kappa shape index (κ2) is 6.11. The monoisotopic (exact) mass is 323 g/mol. The molecule has 0 aromatic heterocycles. The quantitative estimate of drug-likeness (QED) is 0.762. The molecule has 0 aliphatic carbocycles. The Kier molecular flexibility index (Phi) is 4.14. The summed E-state index contributed by atoms with van der Waals surface area (Å²) in [5.74, 6) is 0.0884. The van der Waals surface area contributed by atoms with Gasteiger partial charge in [0.15, 0.2) is 5.78 Å². The van der Waals surface area contributed by atoms with Gasteiger partial charge in [0.25, 0.3) is 0 Å². The highest BCUT2D eigenvalue weighted by Crippen LogP contribution is 2.43. The van der Waals surface area contributed by atoms with Gasteiger partial charge in [0.05, 0.1) is 0 Å². The number of benzene rings is 2. The molecule has 0 N–H and O–H groups in total. The Balaban J connectivity index is 2.01. The summed E-state index contributed by atoms with van der Waals surface area (Å²) in [6, 6.07) is 16.8. The fourth-order valence-corrected chi connectivity index (χ4v) is 3.20. The Labute approximate surface area is 142 Å². The highest BCUT2D eigenvalue weighted by molar-refractivity contribution is 5.97. The second-order valence-corrected chi connectivity index (χ2v) is 6.48. The molecule has 2 aromatic rings. The molecule has 2 aromatic carbocycles. The molecular formula is C20H21NO3. The van der Waals surface area contributed by atoms with Gasteiger partial charge in [0.2, 0.25) is 0 Å². The van der Waals surface area contributed by atoms with Crippen LogP contribution in [0.1, 0.15) is 49.2 Å². The zero-order chi connectivity index (χ0) is 17.3. The van der Waals surface area contributed by atoms with Gasteiger partial charge in [-0.3, -0.25) is 9.69 Å². The molecule has 0 bridgehead atoms. The Hall–Kier alpha value is -2.62. The maximum absolute atomic E-state index is 12.5. The van der Waals surface area contributed by atoms with Gasteiger partial charge in [-0.2, -0.15) is 0 Å². The summed E-state index contributed by atoms with van der Waals surface area (Å²) in [4.78, 5) is 25.9. The van der Waals surface area contributed by atoms with Gasteiger partial charge < -0.3 is 4.74 Å². The molecule has 1 atom stereocenters. The van der Waals surface area contributed by atoms with Gasteiger partial charge in [-0.25, -0.2) is 4.79 Å². The van der Waals surface area contributed by atoms with Crippen LogP contribution in [0.5, 0.6) is 0 Å². The molecular weight excluding hydrogens is 302 g/mol. The van der Waals surface area contributed by atoms with Crippen LogP contribution in [0.2, 0.25) is 0 Å². The Morgan fingerprint density at radius 3 is 2.29 bits per heavy atom. The summed E-state index contributed by atoms with van der Waals surface area (Å²) in [6.07, 6.45) is 0.0912. The number of Topliss-reactive ketones (excluding diaryl/α,β-unsaturated/α-hetero) is 1. The second-order valence-electron chi connectivity index (χ2n) is 6.48. The number of hydrogen-bond donors (Lipinski definition) is 0. The van der Waals surface area contributed by atoms with E-state index < -0.39 is 5.60 Å². The molecule has 1 amide bonds. The summed E-state index contributed by atoms with van der Waals surface area (Å²) in [7, 11) is 0. The highest BCUT2D eigenvalue weighted by Gasteiger charge is 2.49. The van der Waals surface area contributed by atoms with Crippen molar-refractivity contribution in [3.05, 3.63) is 65.7 Å². The molecule has 1 aliphatic heterocycles. The summed E-state index contributed by atoms with van der Waals surface area (Å²) in [6.45, 7) is 5.66. The minimum absolute atomic E-state index is 0.0884. The lowest BCUT2D eigenvalue weighted by Crippen LogP contribution is -2.33. The first-order valence-electron chi connectivity index (χ1n) is 8.14. The highest BCUT2D eigenvalue weighted by atomic mass is 16.6. The van der Waals surface area contributed by atoms with Gasteiger partial charge >= 0.3 is 6.09 Å². The number of cyclic esters (lactones) is 1. The van der Waals surface area contributed by atoms with Crippen LogP contribution in [0.3, 0.4) is 0 Å². The van der Waals surface area contributed by atoms with Gasteiger partial charge in [-0.15, -0.1) is 0 Å². The molecule has 1 aliphatic rings. The third-order valence-electron chi connectivity index (χ3n) is 4.37. The van der Waals surface area contributed by atoms with E-state index in [0.717, 1.165) is 11.3 Å². The van der Waals surface area contributed by atoms with Crippen molar-refractivity contribution in [2.24, 2.45) is 0 Å². The number of anilines is 1. The number of hydrogen-bond acceptors (Lipinski definition) is 3. The van der Waals surface area contributed by atoms with Crippen molar-refractivity contribution in [1.82, 2.24) is 0 Å². The van der Waals surface area contributed by atoms with Crippen LogP contribution in [0.15, 0.2) is 54.6 Å². The van der Waals surface area contributed by atoms with Gasteiger partial charge in [-0.05, 0) is 43.7 Å². The largest absolute Gasteiger partial charge is 0.441 e. The van der Waals surface area contributed by atoms with Crippen LogP contribution in [0.25, 0.3) is 0 Å². The average molecular weight is 323 g/mol. The molecule has 124 valence electrons. The normalized spacial score (nSPS) is 19.2. The number of ether oxygens (including phenoxy) is 1. The average Bonchev–Trinajstić information content (AvgIpc) is 2.83. The van der Waals surface area contributed by atoms with Gasteiger partial charge in [-0.1, -0.05) is 37.3 Å². The minimum atomic E-state index is -0.643. The van der Waals surface area contributed by atoms with E-state index in [4.69, 9.17) is 4.74 Å². The molecule has 0 radical (unpaired) electrons. The fraction of sp³-hybridized carbons (Fsp3) is 0.300. The standard InChI is InChI=1S/C20H21NO3/c1-4-17(22)14-10-12-16(13-11-14)21-18(15-8-6-5-7-9-15)20(2,3)24-19(21)23/h5-13,18H,4H2,1-3H3/t18-/m1/s1. The molecule has 1 saturated heterocycles. The predicted molar refractivity (Wildman–Crippen MR) is 93.3 cm³/mol. The lowest BCUT2D eigenvalue weighted by atomic mass is 9.91. The first-order valence-corrected chi connectivity index (χ1v) is 8.14. The summed E-state index contributed by atoms with van der Waals surface area (Å²) in [5.41, 5.74) is 1.76. The SMILES string of the molecule is CCC(=O)c1ccc(N2C(=O)OC(C)(C)[C@H]2c2ccccc2)cc1. The van der Waals surface area contributed by atoms with Crippen LogP contribution in [0, 0.1) is 0 Å². The number of carbonyl (C=O) groups is 2. The number of amides is 1. The van der Waals surface area contributed by atoms with Crippen LogP contribution >= 0.6 is 0 Å². The van der Waals surface area contributed by atoms with Gasteiger partial charge in [0, 0.05) is 17.7 Å². The Morgan fingerprint density at radius 2 is 1.71 bits per heavy atom. The molecule has 4 nitrogen and oxygen atoms in total. The zero-order valence-corrected chi connectivity index (χ0v) is 14.2. The molecule has 4 heteroatoms. The van der Waals surface area contributed by atoms with E-state index >= 15 is 0 Å².